The first-order chi connectivity index (χ1) is 15.8. The SMILES string of the molecule is CC1(O)CCC(Nc2nc(NCc3c[n+](O)ccc3-c3ccc(F)cc3)ncc2C#N)CC1. The summed E-state index contributed by atoms with van der Waals surface area (Å²) in [7, 11) is 0. The Hall–Kier alpha value is -3.77. The van der Waals surface area contributed by atoms with Gasteiger partial charge in [0.15, 0.2) is 0 Å². The van der Waals surface area contributed by atoms with Gasteiger partial charge in [-0.05, 0) is 55.9 Å². The van der Waals surface area contributed by atoms with Gasteiger partial charge in [-0.2, -0.15) is 10.2 Å². The molecule has 0 saturated heterocycles. The molecule has 4 rings (SSSR count). The molecule has 1 aliphatic rings. The van der Waals surface area contributed by atoms with Crippen molar-refractivity contribution >= 4 is 11.8 Å². The predicted octanol–water partition coefficient (Wildman–Crippen LogP) is 3.40. The molecule has 0 aliphatic heterocycles. The molecule has 1 aliphatic carbocycles. The van der Waals surface area contributed by atoms with Gasteiger partial charge >= 0.3 is 0 Å². The molecule has 0 bridgehead atoms. The Balaban J connectivity index is 1.51. The highest BCUT2D eigenvalue weighted by Crippen LogP contribution is 2.30. The lowest BCUT2D eigenvalue weighted by molar-refractivity contribution is -0.905. The minimum atomic E-state index is -0.643. The van der Waals surface area contributed by atoms with Gasteiger partial charge in [0.05, 0.1) is 11.8 Å². The largest absolute Gasteiger partial charge is 0.390 e. The first-order valence-electron chi connectivity index (χ1n) is 10.8. The van der Waals surface area contributed by atoms with E-state index >= 15 is 0 Å². The van der Waals surface area contributed by atoms with Crippen LogP contribution in [0.15, 0.2) is 48.9 Å². The van der Waals surface area contributed by atoms with E-state index in [1.807, 2.05) is 6.92 Å². The van der Waals surface area contributed by atoms with Crippen molar-refractivity contribution < 1.29 is 19.4 Å². The summed E-state index contributed by atoms with van der Waals surface area (Å²) in [4.78, 5) is 8.72. The average molecular weight is 450 g/mol. The Kier molecular flexibility index (Phi) is 6.38. The molecule has 0 spiro atoms. The van der Waals surface area contributed by atoms with Crippen LogP contribution in [0.2, 0.25) is 0 Å². The number of nitriles is 1. The van der Waals surface area contributed by atoms with Crippen LogP contribution in [0, 0.1) is 17.1 Å². The minimum Gasteiger partial charge on any atom is -0.390 e. The normalized spacial score (nSPS) is 20.1. The van der Waals surface area contributed by atoms with E-state index in [1.165, 1.54) is 24.5 Å². The van der Waals surface area contributed by atoms with Crippen molar-refractivity contribution in [3.8, 4) is 17.2 Å². The third-order valence-electron chi connectivity index (χ3n) is 5.93. The van der Waals surface area contributed by atoms with E-state index in [0.29, 0.717) is 36.7 Å². The van der Waals surface area contributed by atoms with E-state index < -0.39 is 5.60 Å². The van der Waals surface area contributed by atoms with Gasteiger partial charge in [0.2, 0.25) is 18.3 Å². The Morgan fingerprint density at radius 2 is 1.97 bits per heavy atom. The molecule has 8 nitrogen and oxygen atoms in total. The van der Waals surface area contributed by atoms with Crippen molar-refractivity contribution in [1.82, 2.24) is 9.97 Å². The zero-order valence-electron chi connectivity index (χ0n) is 18.3. The summed E-state index contributed by atoms with van der Waals surface area (Å²) in [5.41, 5.74) is 2.09. The molecule has 1 fully saturated rings. The van der Waals surface area contributed by atoms with E-state index in [2.05, 4.69) is 26.7 Å². The molecular formula is C24H26FN6O2+. The number of benzene rings is 1. The van der Waals surface area contributed by atoms with Gasteiger partial charge in [0, 0.05) is 28.9 Å². The standard InChI is InChI=1S/C24H26FN6O2/c1-24(32)9-6-20(7-10-24)29-22-17(12-26)13-27-23(30-22)28-14-18-15-31(33)11-8-21(18)16-2-4-19(25)5-3-16/h2-5,8,11,13,15,20,32-33H,6-7,9-10,14H2,1H3,(H2,27,28,29,30)/q+1. The number of aliphatic hydroxyl groups is 1. The van der Waals surface area contributed by atoms with Crippen molar-refractivity contribution in [2.75, 3.05) is 10.6 Å². The smallest absolute Gasteiger partial charge is 0.227 e. The van der Waals surface area contributed by atoms with Crippen LogP contribution >= 0.6 is 0 Å². The summed E-state index contributed by atoms with van der Waals surface area (Å²) in [5, 5.41) is 36.0. The fourth-order valence-electron chi connectivity index (χ4n) is 3.99. The quantitative estimate of drug-likeness (QED) is 0.336. The summed E-state index contributed by atoms with van der Waals surface area (Å²) in [6, 6.07) is 10.1. The van der Waals surface area contributed by atoms with Crippen LogP contribution < -0.4 is 15.4 Å². The van der Waals surface area contributed by atoms with Crippen molar-refractivity contribution in [3.63, 3.8) is 0 Å². The van der Waals surface area contributed by atoms with Crippen LogP contribution in [0.1, 0.15) is 43.7 Å². The summed E-state index contributed by atoms with van der Waals surface area (Å²) in [6.07, 6.45) is 7.47. The van der Waals surface area contributed by atoms with Crippen LogP contribution in [0.5, 0.6) is 0 Å². The lowest BCUT2D eigenvalue weighted by Crippen LogP contribution is -2.36. The second kappa shape index (κ2) is 9.38. The number of rotatable bonds is 6. The lowest BCUT2D eigenvalue weighted by Gasteiger charge is -2.33. The number of aromatic nitrogens is 3. The lowest BCUT2D eigenvalue weighted by atomic mass is 9.83. The average Bonchev–Trinajstić information content (AvgIpc) is 2.80. The zero-order valence-corrected chi connectivity index (χ0v) is 18.3. The number of pyridine rings is 1. The first kappa shape index (κ1) is 22.4. The number of nitrogens with zero attached hydrogens (tertiary/aromatic N) is 4. The molecular weight excluding hydrogens is 423 g/mol. The fourth-order valence-corrected chi connectivity index (χ4v) is 3.99. The maximum Gasteiger partial charge on any atom is 0.227 e. The molecule has 2 heterocycles. The van der Waals surface area contributed by atoms with Gasteiger partial charge in [-0.1, -0.05) is 12.1 Å². The van der Waals surface area contributed by atoms with E-state index in [0.717, 1.165) is 34.3 Å². The van der Waals surface area contributed by atoms with E-state index in [9.17, 15) is 20.0 Å². The topological polar surface area (TPSA) is 118 Å². The molecule has 4 N–H and O–H groups in total. The second-order valence-corrected chi connectivity index (χ2v) is 8.61. The molecule has 33 heavy (non-hydrogen) atoms. The van der Waals surface area contributed by atoms with Crippen molar-refractivity contribution in [3.05, 3.63) is 65.9 Å². The van der Waals surface area contributed by atoms with Gasteiger partial charge in [0.25, 0.3) is 0 Å². The van der Waals surface area contributed by atoms with E-state index in [-0.39, 0.29) is 11.9 Å². The van der Waals surface area contributed by atoms with Gasteiger partial charge in [-0.25, -0.2) is 9.37 Å². The first-order valence-corrected chi connectivity index (χ1v) is 10.8. The molecule has 0 unspecified atom stereocenters. The number of hydrogen-bond donors (Lipinski definition) is 4. The van der Waals surface area contributed by atoms with Crippen LogP contribution in [-0.4, -0.2) is 31.9 Å². The zero-order chi connectivity index (χ0) is 23.4. The molecule has 1 aromatic carbocycles. The van der Waals surface area contributed by atoms with Crippen molar-refractivity contribution in [2.45, 2.75) is 50.8 Å². The Morgan fingerprint density at radius 1 is 1.24 bits per heavy atom. The van der Waals surface area contributed by atoms with Gasteiger partial charge < -0.3 is 15.7 Å². The minimum absolute atomic E-state index is 0.118. The van der Waals surface area contributed by atoms with Crippen molar-refractivity contribution in [1.29, 1.82) is 5.26 Å². The highest BCUT2D eigenvalue weighted by atomic mass is 19.1. The van der Waals surface area contributed by atoms with Crippen LogP contribution in [0.3, 0.4) is 0 Å². The third kappa shape index (κ3) is 5.54. The Bertz CT molecular complexity index is 1170. The van der Waals surface area contributed by atoms with Gasteiger partial charge in [-0.3, -0.25) is 5.21 Å². The highest BCUT2D eigenvalue weighted by molar-refractivity contribution is 5.66. The van der Waals surface area contributed by atoms with Gasteiger partial charge in [-0.15, -0.1) is 0 Å². The Morgan fingerprint density at radius 3 is 2.67 bits per heavy atom. The third-order valence-corrected chi connectivity index (χ3v) is 5.93. The fraction of sp³-hybridized carbons (Fsp3) is 0.333. The monoisotopic (exact) mass is 449 g/mol. The summed E-state index contributed by atoms with van der Waals surface area (Å²) >= 11 is 0. The molecule has 170 valence electrons. The second-order valence-electron chi connectivity index (χ2n) is 8.61. The maximum absolute atomic E-state index is 13.3. The molecule has 0 amide bonds. The number of halogens is 1. The number of hydrogen-bond acceptors (Lipinski definition) is 7. The number of anilines is 2. The summed E-state index contributed by atoms with van der Waals surface area (Å²) in [5.74, 6) is 0.461. The molecule has 3 aromatic rings. The van der Waals surface area contributed by atoms with Gasteiger partial charge in [0.1, 0.15) is 23.3 Å². The molecule has 0 atom stereocenters. The predicted molar refractivity (Wildman–Crippen MR) is 120 cm³/mol. The van der Waals surface area contributed by atoms with Crippen LogP contribution in [0.4, 0.5) is 16.2 Å². The number of nitrogens with one attached hydrogen (secondary N) is 2. The Labute approximate surface area is 191 Å². The van der Waals surface area contributed by atoms with Crippen molar-refractivity contribution in [2.24, 2.45) is 0 Å². The maximum atomic E-state index is 13.3. The molecule has 9 heteroatoms. The summed E-state index contributed by atoms with van der Waals surface area (Å²) < 4.78 is 14.3. The highest BCUT2D eigenvalue weighted by Gasteiger charge is 2.29. The van der Waals surface area contributed by atoms with Crippen LogP contribution in [0.25, 0.3) is 11.1 Å². The molecule has 0 radical (unpaired) electrons. The molecule has 1 saturated carbocycles. The van der Waals surface area contributed by atoms with Crippen LogP contribution in [-0.2, 0) is 6.54 Å². The van der Waals surface area contributed by atoms with E-state index in [4.69, 9.17) is 0 Å². The molecule has 2 aromatic heterocycles. The van der Waals surface area contributed by atoms with E-state index in [1.54, 1.807) is 24.4 Å². The summed E-state index contributed by atoms with van der Waals surface area (Å²) in [6.45, 7) is 2.14.